The molecule has 1 amide bonds. The van der Waals surface area contributed by atoms with Crippen molar-refractivity contribution in [2.75, 3.05) is 26.4 Å². The molecule has 8 heteroatoms. The Bertz CT molecular complexity index is 901. The molecule has 3 heterocycles. The summed E-state index contributed by atoms with van der Waals surface area (Å²) in [6, 6.07) is 5.34. The summed E-state index contributed by atoms with van der Waals surface area (Å²) in [5, 5.41) is 4.53. The van der Waals surface area contributed by atoms with Gasteiger partial charge in [0.1, 0.15) is 11.8 Å². The van der Waals surface area contributed by atoms with Gasteiger partial charge in [-0.3, -0.25) is 4.79 Å². The minimum Gasteiger partial charge on any atom is -0.493 e. The van der Waals surface area contributed by atoms with Crippen molar-refractivity contribution < 1.29 is 18.8 Å². The SMILES string of the molecule is Cc1noc([C@H]2COCCN2C(=O)[C@@H]2C[C@]23CCOc2ccc(Cl)cc23)n1. The Morgan fingerprint density at radius 2 is 2.26 bits per heavy atom. The number of carbonyl (C=O) groups is 1. The molecule has 5 rings (SSSR count). The van der Waals surface area contributed by atoms with Gasteiger partial charge >= 0.3 is 0 Å². The number of benzene rings is 1. The summed E-state index contributed by atoms with van der Waals surface area (Å²) in [6.45, 7) is 3.80. The van der Waals surface area contributed by atoms with Crippen LogP contribution in [0.4, 0.5) is 0 Å². The first kappa shape index (κ1) is 17.0. The number of ether oxygens (including phenoxy) is 2. The van der Waals surface area contributed by atoms with Gasteiger partial charge in [0, 0.05) is 28.5 Å². The summed E-state index contributed by atoms with van der Waals surface area (Å²) in [4.78, 5) is 19.6. The average Bonchev–Trinajstić information content (AvgIpc) is 3.23. The zero-order valence-electron chi connectivity index (χ0n) is 15.0. The van der Waals surface area contributed by atoms with Gasteiger partial charge in [-0.25, -0.2) is 0 Å². The van der Waals surface area contributed by atoms with Crippen LogP contribution in [-0.4, -0.2) is 47.3 Å². The number of hydrogen-bond donors (Lipinski definition) is 0. The predicted molar refractivity (Wildman–Crippen MR) is 95.7 cm³/mol. The Labute approximate surface area is 161 Å². The van der Waals surface area contributed by atoms with Gasteiger partial charge in [-0.05, 0) is 38.0 Å². The lowest BCUT2D eigenvalue weighted by atomic mass is 9.87. The minimum absolute atomic E-state index is 0.0803. The highest BCUT2D eigenvalue weighted by Gasteiger charge is 2.62. The Morgan fingerprint density at radius 3 is 3.07 bits per heavy atom. The second-order valence-electron chi connectivity index (χ2n) is 7.45. The number of fused-ring (bicyclic) bond motifs is 2. The van der Waals surface area contributed by atoms with Crippen LogP contribution in [-0.2, 0) is 14.9 Å². The molecule has 7 nitrogen and oxygen atoms in total. The fraction of sp³-hybridized carbons (Fsp3) is 0.526. The maximum atomic E-state index is 13.4. The molecule has 1 saturated heterocycles. The van der Waals surface area contributed by atoms with E-state index in [4.69, 9.17) is 25.6 Å². The first-order valence-electron chi connectivity index (χ1n) is 9.20. The predicted octanol–water partition coefficient (Wildman–Crippen LogP) is 2.67. The largest absolute Gasteiger partial charge is 0.493 e. The molecule has 0 bridgehead atoms. The van der Waals surface area contributed by atoms with Gasteiger partial charge in [-0.15, -0.1) is 0 Å². The van der Waals surface area contributed by atoms with Crippen LogP contribution in [0.5, 0.6) is 5.75 Å². The van der Waals surface area contributed by atoms with Gasteiger partial charge < -0.3 is 18.9 Å². The third kappa shape index (κ3) is 2.72. The molecule has 1 aromatic heterocycles. The molecule has 1 aromatic carbocycles. The van der Waals surface area contributed by atoms with Crippen molar-refractivity contribution in [1.29, 1.82) is 0 Å². The number of halogens is 1. The van der Waals surface area contributed by atoms with Crippen LogP contribution in [0.3, 0.4) is 0 Å². The molecule has 1 aliphatic carbocycles. The van der Waals surface area contributed by atoms with E-state index in [-0.39, 0.29) is 23.3 Å². The van der Waals surface area contributed by atoms with E-state index in [1.54, 1.807) is 6.92 Å². The van der Waals surface area contributed by atoms with Crippen LogP contribution < -0.4 is 4.74 Å². The molecular formula is C19H20ClN3O4. The van der Waals surface area contributed by atoms with Gasteiger partial charge in [0.15, 0.2) is 5.82 Å². The number of aromatic nitrogens is 2. The highest BCUT2D eigenvalue weighted by molar-refractivity contribution is 6.30. The summed E-state index contributed by atoms with van der Waals surface area (Å²) in [5.74, 6) is 1.87. The summed E-state index contributed by atoms with van der Waals surface area (Å²) in [5.41, 5.74) is 0.876. The molecule has 142 valence electrons. The van der Waals surface area contributed by atoms with Crippen molar-refractivity contribution in [3.05, 3.63) is 40.5 Å². The van der Waals surface area contributed by atoms with Crippen molar-refractivity contribution in [2.24, 2.45) is 5.92 Å². The number of hydrogen-bond acceptors (Lipinski definition) is 6. The lowest BCUT2D eigenvalue weighted by molar-refractivity contribution is -0.143. The maximum absolute atomic E-state index is 13.4. The lowest BCUT2D eigenvalue weighted by Gasteiger charge is -2.35. The van der Waals surface area contributed by atoms with E-state index in [2.05, 4.69) is 10.1 Å². The van der Waals surface area contributed by atoms with Gasteiger partial charge in [-0.2, -0.15) is 4.98 Å². The fourth-order valence-electron chi connectivity index (χ4n) is 4.42. The standard InChI is InChI=1S/C19H20ClN3O4/c1-11-21-17(27-22-11)15-10-25-7-5-23(15)18(24)14-9-19(14)4-6-26-16-3-2-12(20)8-13(16)19/h2-3,8,14-15H,4-7,9-10H2,1H3/t14-,15+,19-/m0/s1. The number of carbonyl (C=O) groups excluding carboxylic acids is 1. The van der Waals surface area contributed by atoms with Crippen molar-refractivity contribution >= 4 is 17.5 Å². The number of nitrogens with zero attached hydrogens (tertiary/aromatic N) is 3. The maximum Gasteiger partial charge on any atom is 0.251 e. The molecule has 2 aromatic rings. The molecule has 1 spiro atoms. The Kier molecular flexibility index (Phi) is 3.91. The van der Waals surface area contributed by atoms with E-state index in [9.17, 15) is 4.79 Å². The van der Waals surface area contributed by atoms with Gasteiger partial charge in [0.05, 0.1) is 19.8 Å². The molecule has 1 saturated carbocycles. The lowest BCUT2D eigenvalue weighted by Crippen LogP contribution is -2.45. The third-order valence-corrected chi connectivity index (χ3v) is 6.13. The highest BCUT2D eigenvalue weighted by Crippen LogP contribution is 2.61. The molecule has 2 aliphatic heterocycles. The van der Waals surface area contributed by atoms with Gasteiger partial charge in [0.2, 0.25) is 5.91 Å². The summed E-state index contributed by atoms with van der Waals surface area (Å²) in [6.07, 6.45) is 1.64. The molecule has 0 unspecified atom stereocenters. The van der Waals surface area contributed by atoms with Crippen molar-refractivity contribution in [3.63, 3.8) is 0 Å². The summed E-state index contributed by atoms with van der Waals surface area (Å²) >= 11 is 6.22. The highest BCUT2D eigenvalue weighted by atomic mass is 35.5. The zero-order valence-corrected chi connectivity index (χ0v) is 15.7. The van der Waals surface area contributed by atoms with Crippen molar-refractivity contribution in [1.82, 2.24) is 15.0 Å². The molecule has 0 N–H and O–H groups in total. The number of rotatable bonds is 2. The number of morpholine rings is 1. The monoisotopic (exact) mass is 389 g/mol. The van der Waals surface area contributed by atoms with Crippen LogP contribution in [0.2, 0.25) is 5.02 Å². The van der Waals surface area contributed by atoms with Crippen molar-refractivity contribution in [3.8, 4) is 5.75 Å². The first-order chi connectivity index (χ1) is 13.1. The first-order valence-corrected chi connectivity index (χ1v) is 9.57. The number of aryl methyl sites for hydroxylation is 1. The normalized spacial score (nSPS) is 29.3. The third-order valence-electron chi connectivity index (χ3n) is 5.90. The van der Waals surface area contributed by atoms with Crippen molar-refractivity contribution in [2.45, 2.75) is 31.2 Å². The zero-order chi connectivity index (χ0) is 18.6. The molecule has 3 atom stereocenters. The quantitative estimate of drug-likeness (QED) is 0.785. The van der Waals surface area contributed by atoms with E-state index in [1.165, 1.54) is 0 Å². The Balaban J connectivity index is 1.43. The average molecular weight is 390 g/mol. The molecule has 0 radical (unpaired) electrons. The smallest absolute Gasteiger partial charge is 0.251 e. The van der Waals surface area contributed by atoms with Crippen LogP contribution in [0.15, 0.2) is 22.7 Å². The van der Waals surface area contributed by atoms with E-state index in [1.807, 2.05) is 23.1 Å². The Hall–Kier alpha value is -2.12. The van der Waals surface area contributed by atoms with E-state index in [0.29, 0.717) is 43.1 Å². The van der Waals surface area contributed by atoms with E-state index in [0.717, 1.165) is 24.2 Å². The molecular weight excluding hydrogens is 370 g/mol. The van der Waals surface area contributed by atoms with Gasteiger partial charge in [0.25, 0.3) is 5.89 Å². The van der Waals surface area contributed by atoms with Gasteiger partial charge in [-0.1, -0.05) is 16.8 Å². The second-order valence-corrected chi connectivity index (χ2v) is 7.89. The van der Waals surface area contributed by atoms with Crippen LogP contribution >= 0.6 is 11.6 Å². The topological polar surface area (TPSA) is 77.7 Å². The molecule has 2 fully saturated rings. The van der Waals surface area contributed by atoms with Crippen LogP contribution in [0.1, 0.15) is 36.2 Å². The van der Waals surface area contributed by atoms with Crippen LogP contribution in [0, 0.1) is 12.8 Å². The number of amides is 1. The Morgan fingerprint density at radius 1 is 1.37 bits per heavy atom. The molecule has 27 heavy (non-hydrogen) atoms. The summed E-state index contributed by atoms with van der Waals surface area (Å²) < 4.78 is 16.7. The van der Waals surface area contributed by atoms with E-state index < -0.39 is 0 Å². The van der Waals surface area contributed by atoms with Crippen LogP contribution in [0.25, 0.3) is 0 Å². The summed E-state index contributed by atoms with van der Waals surface area (Å²) in [7, 11) is 0. The van der Waals surface area contributed by atoms with E-state index >= 15 is 0 Å². The minimum atomic E-state index is -0.330. The molecule has 3 aliphatic rings. The fourth-order valence-corrected chi connectivity index (χ4v) is 4.59. The second kappa shape index (κ2) is 6.21.